The molecule has 0 aromatic carbocycles. The van der Waals surface area contributed by atoms with Gasteiger partial charge in [-0.25, -0.2) is 0 Å². The van der Waals surface area contributed by atoms with E-state index >= 15 is 0 Å². The molecule has 1 fully saturated rings. The molecule has 65 valence electrons. The van der Waals surface area contributed by atoms with Crippen LogP contribution in [0.5, 0.6) is 0 Å². The maximum Gasteiger partial charge on any atom is 0.0577 e. The van der Waals surface area contributed by atoms with Crippen LogP contribution in [-0.2, 0) is 0 Å². The van der Waals surface area contributed by atoms with Crippen LogP contribution in [0.15, 0.2) is 5.38 Å². The molecule has 1 unspecified atom stereocenters. The first kappa shape index (κ1) is 8.58. The van der Waals surface area contributed by atoms with Crippen molar-refractivity contribution in [3.8, 4) is 0 Å². The van der Waals surface area contributed by atoms with Crippen LogP contribution in [0.4, 0.5) is 0 Å². The van der Waals surface area contributed by atoms with Gasteiger partial charge in [-0.15, -0.1) is 11.3 Å². The van der Waals surface area contributed by atoms with Crippen molar-refractivity contribution >= 4 is 22.9 Å². The Balaban J connectivity index is 2.26. The summed E-state index contributed by atoms with van der Waals surface area (Å²) in [6, 6.07) is 0. The van der Waals surface area contributed by atoms with E-state index in [1.807, 2.05) is 11.3 Å². The monoisotopic (exact) mass is 199 g/mol. The minimum atomic E-state index is 0.649. The topological polar surface area (TPSA) is 0 Å². The number of halogens is 1. The van der Waals surface area contributed by atoms with Crippen LogP contribution in [0, 0.1) is 13.3 Å². The highest BCUT2D eigenvalue weighted by atomic mass is 35.5. The molecule has 0 saturated heterocycles. The van der Waals surface area contributed by atoms with Crippen LogP contribution in [0.25, 0.3) is 0 Å². The minimum Gasteiger partial charge on any atom is -0.147 e. The van der Waals surface area contributed by atoms with Gasteiger partial charge in [0.25, 0.3) is 0 Å². The smallest absolute Gasteiger partial charge is 0.0577 e. The molecule has 0 N–H and O–H groups in total. The number of aryl methyl sites for hydroxylation is 1. The predicted molar refractivity (Wildman–Crippen MR) is 55.0 cm³/mol. The summed E-state index contributed by atoms with van der Waals surface area (Å²) in [6.45, 7) is 2.08. The molecule has 12 heavy (non-hydrogen) atoms. The van der Waals surface area contributed by atoms with Gasteiger partial charge in [-0.05, 0) is 43.0 Å². The zero-order chi connectivity index (χ0) is 8.55. The van der Waals surface area contributed by atoms with E-state index in [1.165, 1.54) is 29.7 Å². The number of rotatable bonds is 1. The zero-order valence-electron chi connectivity index (χ0n) is 7.14. The SMILES string of the molecule is Cc1csc(C2[CH]CCC2)c1Cl. The molecule has 1 radical (unpaired) electrons. The fraction of sp³-hybridized carbons (Fsp3) is 0.500. The van der Waals surface area contributed by atoms with Gasteiger partial charge in [-0.1, -0.05) is 18.0 Å². The lowest BCUT2D eigenvalue weighted by molar-refractivity contribution is 0.803. The minimum absolute atomic E-state index is 0.649. The second-order valence-corrected chi connectivity index (χ2v) is 4.66. The summed E-state index contributed by atoms with van der Waals surface area (Å²) in [4.78, 5) is 1.38. The van der Waals surface area contributed by atoms with Gasteiger partial charge in [0.1, 0.15) is 0 Å². The van der Waals surface area contributed by atoms with E-state index in [1.54, 1.807) is 0 Å². The molecule has 0 nitrogen and oxygen atoms in total. The van der Waals surface area contributed by atoms with Gasteiger partial charge in [0, 0.05) is 4.88 Å². The molecule has 1 aromatic heterocycles. The van der Waals surface area contributed by atoms with Gasteiger partial charge >= 0.3 is 0 Å². The van der Waals surface area contributed by atoms with Gasteiger partial charge in [0.2, 0.25) is 0 Å². The lowest BCUT2D eigenvalue weighted by Crippen LogP contribution is -1.88. The van der Waals surface area contributed by atoms with E-state index < -0.39 is 0 Å². The maximum absolute atomic E-state index is 6.18. The Hall–Kier alpha value is -0.0100. The Morgan fingerprint density at radius 2 is 2.42 bits per heavy atom. The zero-order valence-corrected chi connectivity index (χ0v) is 8.71. The van der Waals surface area contributed by atoms with Crippen molar-refractivity contribution < 1.29 is 0 Å². The molecular formula is C10H12ClS. The number of hydrogen-bond donors (Lipinski definition) is 0. The Morgan fingerprint density at radius 3 is 2.92 bits per heavy atom. The van der Waals surface area contributed by atoms with E-state index in [2.05, 4.69) is 18.7 Å². The molecule has 2 heteroatoms. The summed E-state index contributed by atoms with van der Waals surface area (Å²) in [5.74, 6) is 0.649. The first-order chi connectivity index (χ1) is 5.79. The van der Waals surface area contributed by atoms with Gasteiger partial charge in [0.05, 0.1) is 5.02 Å². The van der Waals surface area contributed by atoms with Crippen molar-refractivity contribution in [3.05, 3.63) is 27.3 Å². The molecule has 0 amide bonds. The molecule has 1 heterocycles. The fourth-order valence-corrected chi connectivity index (χ4v) is 3.18. The summed E-state index contributed by atoms with van der Waals surface area (Å²) in [6.07, 6.45) is 6.28. The lowest BCUT2D eigenvalue weighted by Gasteiger charge is -2.05. The fourth-order valence-electron chi connectivity index (χ4n) is 1.71. The summed E-state index contributed by atoms with van der Waals surface area (Å²) < 4.78 is 0. The van der Waals surface area contributed by atoms with E-state index in [0.29, 0.717) is 5.92 Å². The van der Waals surface area contributed by atoms with Gasteiger partial charge in [-0.3, -0.25) is 0 Å². The van der Waals surface area contributed by atoms with Crippen LogP contribution < -0.4 is 0 Å². The predicted octanol–water partition coefficient (Wildman–Crippen LogP) is 4.18. The van der Waals surface area contributed by atoms with Crippen molar-refractivity contribution in [1.29, 1.82) is 0 Å². The third-order valence-corrected chi connectivity index (χ3v) is 4.28. The summed E-state index contributed by atoms with van der Waals surface area (Å²) in [7, 11) is 0. The molecule has 1 aliphatic carbocycles. The Morgan fingerprint density at radius 1 is 1.58 bits per heavy atom. The Bertz CT molecular complexity index is 271. The van der Waals surface area contributed by atoms with Crippen LogP contribution in [0.3, 0.4) is 0 Å². The standard InChI is InChI=1S/C10H12ClS/c1-7-6-12-10(9(7)11)8-4-2-3-5-8/h4,6,8H,2-3,5H2,1H3. The summed E-state index contributed by atoms with van der Waals surface area (Å²) in [5.41, 5.74) is 1.23. The maximum atomic E-state index is 6.18. The van der Waals surface area contributed by atoms with Crippen molar-refractivity contribution in [2.45, 2.75) is 32.1 Å². The van der Waals surface area contributed by atoms with Crippen LogP contribution >= 0.6 is 22.9 Å². The quantitative estimate of drug-likeness (QED) is 0.637. The van der Waals surface area contributed by atoms with Gasteiger partial charge in [0.15, 0.2) is 0 Å². The molecule has 0 aliphatic heterocycles. The van der Waals surface area contributed by atoms with Crippen molar-refractivity contribution in [2.24, 2.45) is 0 Å². The third kappa shape index (κ3) is 1.40. The first-order valence-corrected chi connectivity index (χ1v) is 5.61. The number of hydrogen-bond acceptors (Lipinski definition) is 1. The Labute approximate surface area is 82.6 Å². The third-order valence-electron chi connectivity index (χ3n) is 2.43. The average Bonchev–Trinajstić information content (AvgIpc) is 2.64. The van der Waals surface area contributed by atoms with Gasteiger partial charge < -0.3 is 0 Å². The lowest BCUT2D eigenvalue weighted by atomic mass is 10.1. The van der Waals surface area contributed by atoms with Crippen LogP contribution in [0.2, 0.25) is 5.02 Å². The summed E-state index contributed by atoms with van der Waals surface area (Å²) in [5, 5.41) is 3.16. The van der Waals surface area contributed by atoms with Crippen LogP contribution in [0.1, 0.15) is 35.6 Å². The normalized spacial score (nSPS) is 18.8. The molecule has 0 bridgehead atoms. The van der Waals surface area contributed by atoms with Gasteiger partial charge in [-0.2, -0.15) is 0 Å². The van der Waals surface area contributed by atoms with Crippen molar-refractivity contribution in [1.82, 2.24) is 0 Å². The van der Waals surface area contributed by atoms with Crippen molar-refractivity contribution in [2.75, 3.05) is 0 Å². The summed E-state index contributed by atoms with van der Waals surface area (Å²) >= 11 is 7.99. The molecule has 2 rings (SSSR count). The average molecular weight is 200 g/mol. The second-order valence-electron chi connectivity index (χ2n) is 3.37. The van der Waals surface area contributed by atoms with E-state index in [-0.39, 0.29) is 0 Å². The largest absolute Gasteiger partial charge is 0.147 e. The number of thiophene rings is 1. The highest BCUT2D eigenvalue weighted by molar-refractivity contribution is 7.10. The van der Waals surface area contributed by atoms with Crippen molar-refractivity contribution in [3.63, 3.8) is 0 Å². The molecule has 1 aliphatic rings. The molecule has 0 spiro atoms. The Kier molecular flexibility index (Phi) is 2.42. The highest BCUT2D eigenvalue weighted by Gasteiger charge is 2.21. The van der Waals surface area contributed by atoms with E-state index in [9.17, 15) is 0 Å². The molecular weight excluding hydrogens is 188 g/mol. The molecule has 1 saturated carbocycles. The van der Waals surface area contributed by atoms with Crippen LogP contribution in [-0.4, -0.2) is 0 Å². The molecule has 1 aromatic rings. The highest BCUT2D eigenvalue weighted by Crippen LogP contribution is 2.41. The first-order valence-electron chi connectivity index (χ1n) is 4.36. The van der Waals surface area contributed by atoms with E-state index in [4.69, 9.17) is 11.6 Å². The van der Waals surface area contributed by atoms with E-state index in [0.717, 1.165) is 5.02 Å². The molecule has 1 atom stereocenters. The second kappa shape index (κ2) is 3.39.